The van der Waals surface area contributed by atoms with Crippen LogP contribution in [-0.2, 0) is 16.0 Å². The normalized spacial score (nSPS) is 23.2. The first-order valence-electron chi connectivity index (χ1n) is 10.6. The third-order valence-electron chi connectivity index (χ3n) is 6.27. The fourth-order valence-electron chi connectivity index (χ4n) is 4.92. The summed E-state index contributed by atoms with van der Waals surface area (Å²) in [5.74, 6) is 1.20. The summed E-state index contributed by atoms with van der Waals surface area (Å²) in [6.07, 6.45) is 8.02. The van der Waals surface area contributed by atoms with E-state index >= 15 is 0 Å². The summed E-state index contributed by atoms with van der Waals surface area (Å²) in [6.45, 7) is 3.02. The number of H-pyrrole nitrogens is 1. The quantitative estimate of drug-likeness (QED) is 0.747. The molecule has 2 aliphatic rings. The van der Waals surface area contributed by atoms with E-state index < -0.39 is 5.97 Å². The minimum atomic E-state index is -0.457. The van der Waals surface area contributed by atoms with Crippen LogP contribution in [0.4, 0.5) is 0 Å². The molecule has 1 aromatic carbocycles. The summed E-state index contributed by atoms with van der Waals surface area (Å²) in [4.78, 5) is 32.2. The third-order valence-corrected chi connectivity index (χ3v) is 6.27. The van der Waals surface area contributed by atoms with Crippen molar-refractivity contribution in [3.8, 4) is 0 Å². The molecule has 0 bridgehead atoms. The minimum Gasteiger partial charge on any atom is -0.460 e. The Morgan fingerprint density at radius 1 is 1.18 bits per heavy atom. The van der Waals surface area contributed by atoms with Crippen molar-refractivity contribution >= 4 is 22.8 Å². The number of Topliss-reactive ketones (excluding diaryl/α,β-unsaturated/α-hetero) is 1. The molecule has 150 valence electrons. The lowest BCUT2D eigenvalue weighted by atomic mass is 9.75. The predicted octanol–water partition coefficient (Wildman–Crippen LogP) is 3.41. The summed E-state index contributed by atoms with van der Waals surface area (Å²) in [7, 11) is 0. The van der Waals surface area contributed by atoms with Gasteiger partial charge < -0.3 is 15.0 Å². The van der Waals surface area contributed by atoms with Gasteiger partial charge in [-0.2, -0.15) is 0 Å². The van der Waals surface area contributed by atoms with Crippen LogP contribution < -0.4 is 5.32 Å². The third kappa shape index (κ3) is 3.97. The lowest BCUT2D eigenvalue weighted by molar-refractivity contribution is -0.121. The van der Waals surface area contributed by atoms with E-state index in [9.17, 15) is 9.59 Å². The van der Waals surface area contributed by atoms with Crippen LogP contribution in [0, 0.1) is 11.8 Å². The Balaban J connectivity index is 1.46. The maximum absolute atomic E-state index is 13.0. The molecule has 0 radical (unpaired) electrons. The van der Waals surface area contributed by atoms with Gasteiger partial charge in [0.1, 0.15) is 0 Å². The first-order valence-corrected chi connectivity index (χ1v) is 10.6. The SMILES string of the molecule is CCOC(=O)c1nc2ccc(CC(=O)[C@H]3NCC[C@H]3C3CCCCC3)cc2[nH]1. The summed E-state index contributed by atoms with van der Waals surface area (Å²) in [5, 5.41) is 3.46. The van der Waals surface area contributed by atoms with Crippen molar-refractivity contribution in [3.05, 3.63) is 29.6 Å². The van der Waals surface area contributed by atoms with E-state index in [1.54, 1.807) is 6.92 Å². The zero-order valence-electron chi connectivity index (χ0n) is 16.5. The van der Waals surface area contributed by atoms with Gasteiger partial charge in [0.2, 0.25) is 5.82 Å². The fourth-order valence-corrected chi connectivity index (χ4v) is 4.92. The molecule has 1 saturated heterocycles. The Morgan fingerprint density at radius 3 is 2.79 bits per heavy atom. The van der Waals surface area contributed by atoms with Crippen molar-refractivity contribution in [2.75, 3.05) is 13.2 Å². The van der Waals surface area contributed by atoms with Crippen LogP contribution in [0.3, 0.4) is 0 Å². The molecule has 6 heteroatoms. The lowest BCUT2D eigenvalue weighted by Crippen LogP contribution is -2.40. The molecule has 4 rings (SSSR count). The van der Waals surface area contributed by atoms with Gasteiger partial charge in [0.15, 0.2) is 5.78 Å². The number of carbonyl (C=O) groups excluding carboxylic acids is 2. The Bertz CT molecular complexity index is 854. The van der Waals surface area contributed by atoms with Crippen molar-refractivity contribution in [2.45, 2.75) is 57.9 Å². The molecule has 1 aromatic heterocycles. The van der Waals surface area contributed by atoms with Gasteiger partial charge in [-0.15, -0.1) is 0 Å². The fraction of sp³-hybridized carbons (Fsp3) is 0.591. The molecule has 1 saturated carbocycles. The van der Waals surface area contributed by atoms with Gasteiger partial charge in [-0.3, -0.25) is 4.79 Å². The number of ether oxygens (including phenoxy) is 1. The summed E-state index contributed by atoms with van der Waals surface area (Å²) in [5.41, 5.74) is 2.42. The van der Waals surface area contributed by atoms with Crippen molar-refractivity contribution in [2.24, 2.45) is 11.8 Å². The molecule has 2 N–H and O–H groups in total. The Labute approximate surface area is 165 Å². The molecule has 0 spiro atoms. The predicted molar refractivity (Wildman–Crippen MR) is 107 cm³/mol. The van der Waals surface area contributed by atoms with Gasteiger partial charge in [-0.1, -0.05) is 38.2 Å². The molecule has 28 heavy (non-hydrogen) atoms. The molecule has 2 heterocycles. The van der Waals surface area contributed by atoms with Crippen LogP contribution in [-0.4, -0.2) is 40.9 Å². The summed E-state index contributed by atoms with van der Waals surface area (Å²) in [6, 6.07) is 5.70. The van der Waals surface area contributed by atoms with Crippen LogP contribution in [0.15, 0.2) is 18.2 Å². The van der Waals surface area contributed by atoms with E-state index in [0.717, 1.165) is 24.0 Å². The topological polar surface area (TPSA) is 84.1 Å². The Morgan fingerprint density at radius 2 is 2.00 bits per heavy atom. The smallest absolute Gasteiger partial charge is 0.374 e. The number of aromatic nitrogens is 2. The number of rotatable bonds is 6. The lowest BCUT2D eigenvalue weighted by Gasteiger charge is -2.30. The number of fused-ring (bicyclic) bond motifs is 1. The van der Waals surface area contributed by atoms with E-state index in [1.807, 2.05) is 18.2 Å². The molecule has 1 aliphatic carbocycles. The van der Waals surface area contributed by atoms with Gasteiger partial charge in [-0.25, -0.2) is 9.78 Å². The zero-order chi connectivity index (χ0) is 19.5. The average Bonchev–Trinajstić information content (AvgIpc) is 3.36. The van der Waals surface area contributed by atoms with Crippen LogP contribution in [0.25, 0.3) is 11.0 Å². The van der Waals surface area contributed by atoms with Gasteiger partial charge in [-0.05, 0) is 49.4 Å². The summed E-state index contributed by atoms with van der Waals surface area (Å²) >= 11 is 0. The van der Waals surface area contributed by atoms with E-state index in [0.29, 0.717) is 30.4 Å². The molecular formula is C22H29N3O3. The van der Waals surface area contributed by atoms with Crippen LogP contribution in [0.2, 0.25) is 0 Å². The number of hydrogen-bond donors (Lipinski definition) is 2. The molecular weight excluding hydrogens is 354 g/mol. The Hall–Kier alpha value is -2.21. The maximum Gasteiger partial charge on any atom is 0.374 e. The average molecular weight is 383 g/mol. The maximum atomic E-state index is 13.0. The number of hydrogen-bond acceptors (Lipinski definition) is 5. The first kappa shape index (κ1) is 19.1. The van der Waals surface area contributed by atoms with Gasteiger partial charge >= 0.3 is 5.97 Å². The molecule has 1 aliphatic heterocycles. The van der Waals surface area contributed by atoms with Crippen molar-refractivity contribution in [3.63, 3.8) is 0 Å². The number of imidazole rings is 1. The van der Waals surface area contributed by atoms with E-state index in [1.165, 1.54) is 32.1 Å². The standard InChI is InChI=1S/C22H29N3O3/c1-2-28-22(27)21-24-17-9-8-14(12-18(17)25-21)13-19(26)20-16(10-11-23-20)15-6-4-3-5-7-15/h8-9,12,15-16,20,23H,2-7,10-11,13H2,1H3,(H,24,25)/t16-,20-/m0/s1. The molecule has 6 nitrogen and oxygen atoms in total. The number of aromatic amines is 1. The molecule has 0 unspecified atom stereocenters. The number of carbonyl (C=O) groups is 2. The molecule has 0 amide bonds. The monoisotopic (exact) mass is 383 g/mol. The highest BCUT2D eigenvalue weighted by Crippen LogP contribution is 2.36. The second-order valence-electron chi connectivity index (χ2n) is 8.08. The van der Waals surface area contributed by atoms with Crippen molar-refractivity contribution < 1.29 is 14.3 Å². The number of nitrogens with zero attached hydrogens (tertiary/aromatic N) is 1. The number of benzene rings is 1. The molecule has 2 atom stereocenters. The van der Waals surface area contributed by atoms with Crippen molar-refractivity contribution in [1.82, 2.24) is 15.3 Å². The Kier molecular flexibility index (Phi) is 5.76. The number of nitrogens with one attached hydrogen (secondary N) is 2. The second kappa shape index (κ2) is 8.43. The largest absolute Gasteiger partial charge is 0.460 e. The van der Waals surface area contributed by atoms with Crippen LogP contribution in [0.1, 0.15) is 61.6 Å². The second-order valence-corrected chi connectivity index (χ2v) is 8.08. The van der Waals surface area contributed by atoms with E-state index in [-0.39, 0.29) is 17.6 Å². The van der Waals surface area contributed by atoms with Gasteiger partial charge in [0, 0.05) is 6.42 Å². The summed E-state index contributed by atoms with van der Waals surface area (Å²) < 4.78 is 4.99. The number of esters is 1. The van der Waals surface area contributed by atoms with Crippen molar-refractivity contribution in [1.29, 1.82) is 0 Å². The zero-order valence-corrected chi connectivity index (χ0v) is 16.5. The van der Waals surface area contributed by atoms with Crippen LogP contribution >= 0.6 is 0 Å². The van der Waals surface area contributed by atoms with E-state index in [2.05, 4.69) is 15.3 Å². The highest BCUT2D eigenvalue weighted by molar-refractivity contribution is 5.91. The number of ketones is 1. The minimum absolute atomic E-state index is 0.0179. The van der Waals surface area contributed by atoms with Crippen LogP contribution in [0.5, 0.6) is 0 Å². The first-order chi connectivity index (χ1) is 13.7. The van der Waals surface area contributed by atoms with E-state index in [4.69, 9.17) is 4.74 Å². The van der Waals surface area contributed by atoms with Gasteiger partial charge in [0.25, 0.3) is 0 Å². The molecule has 2 aromatic rings. The van der Waals surface area contributed by atoms with Gasteiger partial charge in [0.05, 0.1) is 23.7 Å². The highest BCUT2D eigenvalue weighted by atomic mass is 16.5. The molecule has 2 fully saturated rings. The highest BCUT2D eigenvalue weighted by Gasteiger charge is 2.37.